The SMILES string of the molecule is CC(Sc1nnc(-c2ccccc2Cl)o1)C(=O)Nc1cccc(Cl)c1. The number of rotatable bonds is 5. The molecule has 0 fully saturated rings. The first-order chi connectivity index (χ1) is 12.0. The van der Waals surface area contributed by atoms with Crippen LogP contribution in [0, 0.1) is 0 Å². The minimum atomic E-state index is -0.432. The number of aromatic nitrogens is 2. The zero-order chi connectivity index (χ0) is 17.8. The second-order valence-corrected chi connectivity index (χ2v) is 7.25. The lowest BCUT2D eigenvalue weighted by Crippen LogP contribution is -2.22. The van der Waals surface area contributed by atoms with Crippen molar-refractivity contribution < 1.29 is 9.21 Å². The van der Waals surface area contributed by atoms with E-state index in [-0.39, 0.29) is 5.91 Å². The van der Waals surface area contributed by atoms with Gasteiger partial charge in [-0.05, 0) is 37.3 Å². The topological polar surface area (TPSA) is 68.0 Å². The molecule has 0 aliphatic rings. The molecule has 1 unspecified atom stereocenters. The Balaban J connectivity index is 1.66. The predicted octanol–water partition coefficient (Wildman–Crippen LogP) is 5.16. The Hall–Kier alpha value is -2.02. The number of hydrogen-bond acceptors (Lipinski definition) is 5. The number of nitrogens with one attached hydrogen (secondary N) is 1. The van der Waals surface area contributed by atoms with E-state index in [0.29, 0.717) is 32.4 Å². The van der Waals surface area contributed by atoms with Crippen LogP contribution in [-0.2, 0) is 4.79 Å². The molecule has 0 aliphatic heterocycles. The largest absolute Gasteiger partial charge is 0.411 e. The van der Waals surface area contributed by atoms with Gasteiger partial charge in [0.1, 0.15) is 0 Å². The van der Waals surface area contributed by atoms with Crippen molar-refractivity contribution in [3.63, 3.8) is 0 Å². The van der Waals surface area contributed by atoms with Crippen LogP contribution in [0.4, 0.5) is 5.69 Å². The summed E-state index contributed by atoms with van der Waals surface area (Å²) in [6.07, 6.45) is 0. The van der Waals surface area contributed by atoms with Crippen LogP contribution in [-0.4, -0.2) is 21.4 Å². The van der Waals surface area contributed by atoms with E-state index in [1.54, 1.807) is 43.3 Å². The molecule has 0 bridgehead atoms. The summed E-state index contributed by atoms with van der Waals surface area (Å²) in [5.74, 6) is 0.125. The highest BCUT2D eigenvalue weighted by Gasteiger charge is 2.19. The van der Waals surface area contributed by atoms with E-state index in [1.165, 1.54) is 11.8 Å². The van der Waals surface area contributed by atoms with Crippen molar-refractivity contribution in [1.29, 1.82) is 0 Å². The molecule has 3 aromatic rings. The van der Waals surface area contributed by atoms with Crippen LogP contribution in [0.2, 0.25) is 10.0 Å². The van der Waals surface area contributed by atoms with Crippen molar-refractivity contribution in [1.82, 2.24) is 10.2 Å². The smallest absolute Gasteiger partial charge is 0.277 e. The van der Waals surface area contributed by atoms with E-state index in [0.717, 1.165) is 0 Å². The summed E-state index contributed by atoms with van der Waals surface area (Å²) in [4.78, 5) is 12.3. The number of amides is 1. The first kappa shape index (κ1) is 17.8. The van der Waals surface area contributed by atoms with E-state index in [2.05, 4.69) is 15.5 Å². The van der Waals surface area contributed by atoms with E-state index in [9.17, 15) is 4.79 Å². The second-order valence-electron chi connectivity index (χ2n) is 5.11. The summed E-state index contributed by atoms with van der Waals surface area (Å²) in [5, 5.41) is 11.7. The normalized spacial score (nSPS) is 12.0. The first-order valence-electron chi connectivity index (χ1n) is 7.34. The first-order valence-corrected chi connectivity index (χ1v) is 8.98. The Labute approximate surface area is 158 Å². The summed E-state index contributed by atoms with van der Waals surface area (Å²) in [7, 11) is 0. The van der Waals surface area contributed by atoms with Gasteiger partial charge in [-0.3, -0.25) is 4.79 Å². The second kappa shape index (κ2) is 7.91. The van der Waals surface area contributed by atoms with E-state index in [1.807, 2.05) is 12.1 Å². The average Bonchev–Trinajstić information content (AvgIpc) is 3.03. The lowest BCUT2D eigenvalue weighted by atomic mass is 10.2. The molecule has 128 valence electrons. The van der Waals surface area contributed by atoms with Gasteiger partial charge < -0.3 is 9.73 Å². The molecule has 1 atom stereocenters. The number of anilines is 1. The molecule has 3 rings (SSSR count). The minimum absolute atomic E-state index is 0.190. The van der Waals surface area contributed by atoms with Gasteiger partial charge in [-0.2, -0.15) is 0 Å². The van der Waals surface area contributed by atoms with Crippen LogP contribution in [0.3, 0.4) is 0 Å². The van der Waals surface area contributed by atoms with Crippen LogP contribution in [0.25, 0.3) is 11.5 Å². The molecule has 0 aliphatic carbocycles. The molecule has 1 N–H and O–H groups in total. The van der Waals surface area contributed by atoms with Crippen LogP contribution in [0.5, 0.6) is 0 Å². The van der Waals surface area contributed by atoms with Crippen molar-refractivity contribution in [2.75, 3.05) is 5.32 Å². The third-order valence-corrected chi connectivity index (χ3v) is 4.75. The van der Waals surface area contributed by atoms with Gasteiger partial charge in [-0.15, -0.1) is 10.2 Å². The summed E-state index contributed by atoms with van der Waals surface area (Å²) >= 11 is 13.2. The fraction of sp³-hybridized carbons (Fsp3) is 0.118. The van der Waals surface area contributed by atoms with Gasteiger partial charge in [-0.25, -0.2) is 0 Å². The third-order valence-electron chi connectivity index (χ3n) is 3.25. The highest BCUT2D eigenvalue weighted by atomic mass is 35.5. The summed E-state index contributed by atoms with van der Waals surface area (Å²) in [5.41, 5.74) is 1.28. The Morgan fingerprint density at radius 1 is 1.16 bits per heavy atom. The summed E-state index contributed by atoms with van der Waals surface area (Å²) < 4.78 is 5.60. The molecule has 1 heterocycles. The van der Waals surface area contributed by atoms with Crippen molar-refractivity contribution in [3.8, 4) is 11.5 Å². The monoisotopic (exact) mass is 393 g/mol. The van der Waals surface area contributed by atoms with Gasteiger partial charge in [0.2, 0.25) is 11.8 Å². The fourth-order valence-electron chi connectivity index (χ4n) is 2.02. The molecular formula is C17H13Cl2N3O2S. The van der Waals surface area contributed by atoms with E-state index >= 15 is 0 Å². The molecule has 8 heteroatoms. The highest BCUT2D eigenvalue weighted by molar-refractivity contribution is 8.00. The Morgan fingerprint density at radius 3 is 2.72 bits per heavy atom. The molecule has 0 radical (unpaired) electrons. The Kier molecular flexibility index (Phi) is 5.63. The predicted molar refractivity (Wildman–Crippen MR) is 100 cm³/mol. The number of thioether (sulfide) groups is 1. The van der Waals surface area contributed by atoms with Gasteiger partial charge in [0.05, 0.1) is 15.8 Å². The number of carbonyl (C=O) groups is 1. The maximum Gasteiger partial charge on any atom is 0.277 e. The fourth-order valence-corrected chi connectivity index (χ4v) is 3.11. The number of hydrogen-bond donors (Lipinski definition) is 1. The standard InChI is InChI=1S/C17H13Cl2N3O2S/c1-10(15(23)20-12-6-4-5-11(18)9-12)25-17-22-21-16(24-17)13-7-2-3-8-14(13)19/h2-10H,1H3,(H,20,23). The quantitative estimate of drug-likeness (QED) is 0.606. The molecule has 0 saturated carbocycles. The van der Waals surface area contributed by atoms with E-state index < -0.39 is 5.25 Å². The zero-order valence-electron chi connectivity index (χ0n) is 13.1. The number of benzene rings is 2. The van der Waals surface area contributed by atoms with Crippen molar-refractivity contribution in [2.24, 2.45) is 0 Å². The molecule has 25 heavy (non-hydrogen) atoms. The molecule has 0 saturated heterocycles. The number of nitrogens with zero attached hydrogens (tertiary/aromatic N) is 2. The maximum atomic E-state index is 12.3. The molecular weight excluding hydrogens is 381 g/mol. The lowest BCUT2D eigenvalue weighted by Gasteiger charge is -2.10. The minimum Gasteiger partial charge on any atom is -0.411 e. The van der Waals surface area contributed by atoms with Gasteiger partial charge in [0.25, 0.3) is 5.22 Å². The van der Waals surface area contributed by atoms with Crippen molar-refractivity contribution in [2.45, 2.75) is 17.4 Å². The molecule has 1 amide bonds. The Bertz CT molecular complexity index is 901. The number of halogens is 2. The van der Waals surface area contributed by atoms with Crippen LogP contribution in [0.1, 0.15) is 6.92 Å². The summed E-state index contributed by atoms with van der Waals surface area (Å²) in [6.45, 7) is 1.75. The zero-order valence-corrected chi connectivity index (χ0v) is 15.4. The molecule has 2 aromatic carbocycles. The molecule has 1 aromatic heterocycles. The average molecular weight is 394 g/mol. The van der Waals surface area contributed by atoms with Crippen LogP contribution >= 0.6 is 35.0 Å². The Morgan fingerprint density at radius 2 is 1.96 bits per heavy atom. The maximum absolute atomic E-state index is 12.3. The number of carbonyl (C=O) groups excluding carboxylic acids is 1. The molecule has 0 spiro atoms. The van der Waals surface area contributed by atoms with E-state index in [4.69, 9.17) is 27.6 Å². The van der Waals surface area contributed by atoms with Gasteiger partial charge in [0.15, 0.2) is 0 Å². The van der Waals surface area contributed by atoms with Gasteiger partial charge in [-0.1, -0.05) is 53.2 Å². The van der Waals surface area contributed by atoms with Crippen LogP contribution in [0.15, 0.2) is 58.2 Å². The van der Waals surface area contributed by atoms with Gasteiger partial charge >= 0.3 is 0 Å². The van der Waals surface area contributed by atoms with Crippen LogP contribution < -0.4 is 5.32 Å². The van der Waals surface area contributed by atoms with Crippen molar-refractivity contribution >= 4 is 46.6 Å². The lowest BCUT2D eigenvalue weighted by molar-refractivity contribution is -0.115. The summed E-state index contributed by atoms with van der Waals surface area (Å²) in [6, 6.07) is 14.1. The van der Waals surface area contributed by atoms with Crippen molar-refractivity contribution in [3.05, 3.63) is 58.6 Å². The molecule has 5 nitrogen and oxygen atoms in total. The third kappa shape index (κ3) is 4.54. The van der Waals surface area contributed by atoms with Gasteiger partial charge in [0, 0.05) is 10.7 Å². The highest BCUT2D eigenvalue weighted by Crippen LogP contribution is 2.30.